The van der Waals surface area contributed by atoms with Gasteiger partial charge in [0.05, 0.1) is 6.54 Å². The Labute approximate surface area is 148 Å². The molecule has 6 heteroatoms. The van der Waals surface area contributed by atoms with E-state index in [0.29, 0.717) is 6.42 Å². The summed E-state index contributed by atoms with van der Waals surface area (Å²) in [7, 11) is 2.05. The van der Waals surface area contributed by atoms with E-state index >= 15 is 0 Å². The first-order chi connectivity index (χ1) is 10.2. The second-order valence-corrected chi connectivity index (χ2v) is 5.72. The molecule has 2 aliphatic heterocycles. The molecule has 5 nitrogen and oxygen atoms in total. The van der Waals surface area contributed by atoms with Gasteiger partial charge in [-0.2, -0.15) is 0 Å². The highest BCUT2D eigenvalue weighted by molar-refractivity contribution is 14.0. The molecule has 1 fully saturated rings. The number of rotatable bonds is 4. The van der Waals surface area contributed by atoms with E-state index in [1.807, 2.05) is 11.9 Å². The van der Waals surface area contributed by atoms with Gasteiger partial charge in [0.15, 0.2) is 5.96 Å². The first kappa shape index (κ1) is 17.1. The van der Waals surface area contributed by atoms with E-state index in [-0.39, 0.29) is 29.9 Å². The standard InChI is InChI=1S/C16H22N4O.HI/c1-19-9-7-17-16(19)18-11-13-4-2-5-14(10-13)12-20-8-3-6-15(20)21;/h2,4-5,10H,3,6-9,11-12H2,1H3,(H,17,18);1H. The van der Waals surface area contributed by atoms with Crippen LogP contribution in [0.1, 0.15) is 24.0 Å². The number of nitrogens with one attached hydrogen (secondary N) is 1. The lowest BCUT2D eigenvalue weighted by molar-refractivity contribution is -0.128. The number of hydrogen-bond acceptors (Lipinski definition) is 4. The van der Waals surface area contributed by atoms with Gasteiger partial charge < -0.3 is 15.1 Å². The minimum atomic E-state index is 0. The Morgan fingerprint density at radius 3 is 2.77 bits per heavy atom. The number of amides is 1. The number of likely N-dealkylation sites (tertiary alicyclic amines) is 1. The highest BCUT2D eigenvalue weighted by Gasteiger charge is 2.20. The fourth-order valence-corrected chi connectivity index (χ4v) is 2.83. The summed E-state index contributed by atoms with van der Waals surface area (Å²) in [5, 5.41) is 3.37. The summed E-state index contributed by atoms with van der Waals surface area (Å²) in [6, 6.07) is 8.44. The second kappa shape index (κ2) is 7.80. The number of carbonyl (C=O) groups excluding carboxylic acids is 1. The minimum absolute atomic E-state index is 0. The van der Waals surface area contributed by atoms with Crippen molar-refractivity contribution < 1.29 is 4.79 Å². The van der Waals surface area contributed by atoms with Crippen molar-refractivity contribution >= 4 is 35.8 Å². The summed E-state index contributed by atoms with van der Waals surface area (Å²) in [5.74, 6) is 1.25. The van der Waals surface area contributed by atoms with Gasteiger partial charge in [0.25, 0.3) is 0 Å². The lowest BCUT2D eigenvalue weighted by atomic mass is 10.1. The molecule has 2 heterocycles. The molecule has 120 valence electrons. The summed E-state index contributed by atoms with van der Waals surface area (Å²) in [6.45, 7) is 4.25. The monoisotopic (exact) mass is 414 g/mol. The third-order valence-corrected chi connectivity index (χ3v) is 4.05. The molecule has 1 saturated heterocycles. The molecule has 3 rings (SSSR count). The van der Waals surface area contributed by atoms with Crippen LogP contribution in [0.2, 0.25) is 0 Å². The second-order valence-electron chi connectivity index (χ2n) is 5.72. The number of benzene rings is 1. The third-order valence-electron chi connectivity index (χ3n) is 4.05. The van der Waals surface area contributed by atoms with Crippen LogP contribution in [0.3, 0.4) is 0 Å². The molecule has 22 heavy (non-hydrogen) atoms. The van der Waals surface area contributed by atoms with Gasteiger partial charge in [0.1, 0.15) is 0 Å². The molecule has 1 N–H and O–H groups in total. The van der Waals surface area contributed by atoms with Crippen LogP contribution in [-0.4, -0.2) is 48.3 Å². The topological polar surface area (TPSA) is 47.9 Å². The van der Waals surface area contributed by atoms with Crippen LogP contribution in [-0.2, 0) is 17.9 Å². The summed E-state index contributed by atoms with van der Waals surface area (Å²) >= 11 is 0. The summed E-state index contributed by atoms with van der Waals surface area (Å²) in [6.07, 6.45) is 1.69. The molecule has 1 amide bonds. The maximum atomic E-state index is 11.7. The largest absolute Gasteiger partial charge is 0.352 e. The van der Waals surface area contributed by atoms with Crippen molar-refractivity contribution in [2.75, 3.05) is 26.7 Å². The molecule has 2 aliphatic rings. The molecule has 0 aliphatic carbocycles. The number of guanidine groups is 1. The van der Waals surface area contributed by atoms with E-state index in [4.69, 9.17) is 0 Å². The van der Waals surface area contributed by atoms with Crippen LogP contribution in [0, 0.1) is 0 Å². The molecular formula is C16H23IN4O. The van der Waals surface area contributed by atoms with Crippen LogP contribution in [0.15, 0.2) is 29.3 Å². The quantitative estimate of drug-likeness (QED) is 0.765. The smallest absolute Gasteiger partial charge is 0.222 e. The molecular weight excluding hydrogens is 391 g/mol. The summed E-state index contributed by atoms with van der Waals surface area (Å²) < 4.78 is 0. The van der Waals surface area contributed by atoms with Gasteiger partial charge >= 0.3 is 0 Å². The van der Waals surface area contributed by atoms with Crippen molar-refractivity contribution in [1.29, 1.82) is 0 Å². The Morgan fingerprint density at radius 1 is 1.27 bits per heavy atom. The van der Waals surface area contributed by atoms with Crippen molar-refractivity contribution in [3.05, 3.63) is 35.4 Å². The summed E-state index contributed by atoms with van der Waals surface area (Å²) in [5.41, 5.74) is 2.42. The summed E-state index contributed by atoms with van der Waals surface area (Å²) in [4.78, 5) is 20.2. The fourth-order valence-electron chi connectivity index (χ4n) is 2.83. The van der Waals surface area contributed by atoms with E-state index in [0.717, 1.165) is 45.1 Å². The van der Waals surface area contributed by atoms with Crippen LogP contribution >= 0.6 is 24.0 Å². The first-order valence-electron chi connectivity index (χ1n) is 7.57. The van der Waals surface area contributed by atoms with E-state index in [9.17, 15) is 4.79 Å². The molecule has 0 atom stereocenters. The van der Waals surface area contributed by atoms with E-state index in [1.54, 1.807) is 0 Å². The average molecular weight is 414 g/mol. The average Bonchev–Trinajstić information content (AvgIpc) is 3.07. The predicted molar refractivity (Wildman–Crippen MR) is 98.3 cm³/mol. The molecule has 0 aromatic heterocycles. The highest BCUT2D eigenvalue weighted by atomic mass is 127. The minimum Gasteiger partial charge on any atom is -0.352 e. The fraction of sp³-hybridized carbons (Fsp3) is 0.500. The zero-order chi connectivity index (χ0) is 14.7. The lowest BCUT2D eigenvalue weighted by Crippen LogP contribution is -2.35. The SMILES string of the molecule is CN1CCN=C1NCc1cccc(CN2CCCC2=O)c1.I. The molecule has 0 radical (unpaired) electrons. The number of aliphatic imine (C=N–C) groups is 1. The number of carbonyl (C=O) groups is 1. The van der Waals surface area contributed by atoms with Crippen LogP contribution < -0.4 is 5.32 Å². The van der Waals surface area contributed by atoms with Gasteiger partial charge in [-0.05, 0) is 17.5 Å². The van der Waals surface area contributed by atoms with Gasteiger partial charge in [-0.1, -0.05) is 24.3 Å². The molecule has 0 unspecified atom stereocenters. The molecule has 1 aromatic carbocycles. The van der Waals surface area contributed by atoms with Crippen molar-refractivity contribution in [3.63, 3.8) is 0 Å². The number of hydrogen-bond donors (Lipinski definition) is 1. The molecule has 0 bridgehead atoms. The van der Waals surface area contributed by atoms with Crippen molar-refractivity contribution in [2.45, 2.75) is 25.9 Å². The van der Waals surface area contributed by atoms with Crippen molar-refractivity contribution in [3.8, 4) is 0 Å². The van der Waals surface area contributed by atoms with Crippen molar-refractivity contribution in [2.24, 2.45) is 4.99 Å². The normalized spacial score (nSPS) is 17.5. The van der Waals surface area contributed by atoms with Gasteiger partial charge in [0.2, 0.25) is 5.91 Å². The molecule has 1 aromatic rings. The Kier molecular flexibility index (Phi) is 6.05. The number of likely N-dealkylation sites (N-methyl/N-ethyl adjacent to an activating group) is 1. The van der Waals surface area contributed by atoms with E-state index < -0.39 is 0 Å². The number of halogens is 1. The van der Waals surface area contributed by atoms with Gasteiger partial charge in [-0.15, -0.1) is 24.0 Å². The lowest BCUT2D eigenvalue weighted by Gasteiger charge is -2.17. The van der Waals surface area contributed by atoms with Crippen LogP contribution in [0.5, 0.6) is 0 Å². The molecule has 0 spiro atoms. The zero-order valence-electron chi connectivity index (χ0n) is 12.9. The van der Waals surface area contributed by atoms with Crippen LogP contribution in [0.4, 0.5) is 0 Å². The molecule has 0 saturated carbocycles. The number of nitrogens with zero attached hydrogens (tertiary/aromatic N) is 3. The van der Waals surface area contributed by atoms with Crippen molar-refractivity contribution in [1.82, 2.24) is 15.1 Å². The predicted octanol–water partition coefficient (Wildman–Crippen LogP) is 1.82. The van der Waals surface area contributed by atoms with E-state index in [2.05, 4.69) is 39.5 Å². The Hall–Kier alpha value is -1.31. The Balaban J connectivity index is 0.00000176. The highest BCUT2D eigenvalue weighted by Crippen LogP contribution is 2.15. The van der Waals surface area contributed by atoms with E-state index in [1.165, 1.54) is 11.1 Å². The van der Waals surface area contributed by atoms with Gasteiger partial charge in [0, 0.05) is 39.6 Å². The van der Waals surface area contributed by atoms with Gasteiger partial charge in [-0.25, -0.2) is 0 Å². The maximum absolute atomic E-state index is 11.7. The van der Waals surface area contributed by atoms with Gasteiger partial charge in [-0.3, -0.25) is 9.79 Å². The van der Waals surface area contributed by atoms with Crippen LogP contribution in [0.25, 0.3) is 0 Å². The Bertz CT molecular complexity index is 561. The zero-order valence-corrected chi connectivity index (χ0v) is 15.2. The maximum Gasteiger partial charge on any atom is 0.222 e. The third kappa shape index (κ3) is 4.12. The Morgan fingerprint density at radius 2 is 2.09 bits per heavy atom. The first-order valence-corrected chi connectivity index (χ1v) is 7.57.